The maximum Gasteiger partial charge on any atom is 0.352 e. The van der Waals surface area contributed by atoms with Crippen LogP contribution in [0.1, 0.15) is 10.5 Å². The number of halogens is 2. The zero-order chi connectivity index (χ0) is 17.3. The third kappa shape index (κ3) is 3.34. The van der Waals surface area contributed by atoms with E-state index in [1.807, 2.05) is 0 Å². The summed E-state index contributed by atoms with van der Waals surface area (Å²) in [5.41, 5.74) is 0.613. The Bertz CT molecular complexity index is 936. The minimum atomic E-state index is -1.13. The molecule has 0 radical (unpaired) electrons. The second-order valence-electron chi connectivity index (χ2n) is 5.03. The van der Waals surface area contributed by atoms with E-state index in [2.05, 4.69) is 10.3 Å². The number of nitrogens with zero attached hydrogens (tertiary/aromatic N) is 2. The largest absolute Gasteiger partial charge is 0.477 e. The number of hydrogen-bond donors (Lipinski definition) is 2. The lowest BCUT2D eigenvalue weighted by Gasteiger charge is -2.09. The van der Waals surface area contributed by atoms with Gasteiger partial charge in [-0.3, -0.25) is 4.79 Å². The first kappa shape index (κ1) is 16.3. The van der Waals surface area contributed by atoms with Crippen molar-refractivity contribution >= 4 is 51.8 Å². The standard InChI is InChI=1S/C16H11Cl2N3O3/c17-10-1-3-12-9(5-10)6-13(16(23)24)21(12)8-15(22)20-14-4-2-11(18)7-19-14/h1-7H,8H2,(H,23,24)(H,19,20,22). The Kier molecular flexibility index (Phi) is 4.42. The zero-order valence-corrected chi connectivity index (χ0v) is 13.7. The number of rotatable bonds is 4. The van der Waals surface area contributed by atoms with Crippen LogP contribution in [-0.4, -0.2) is 26.5 Å². The molecule has 0 aliphatic carbocycles. The van der Waals surface area contributed by atoms with Crippen LogP contribution in [0.3, 0.4) is 0 Å². The Morgan fingerprint density at radius 2 is 1.88 bits per heavy atom. The van der Waals surface area contributed by atoms with E-state index in [1.54, 1.807) is 30.3 Å². The molecule has 0 unspecified atom stereocenters. The summed E-state index contributed by atoms with van der Waals surface area (Å²) in [7, 11) is 0. The number of hydrogen-bond acceptors (Lipinski definition) is 3. The molecule has 1 amide bonds. The van der Waals surface area contributed by atoms with Crippen molar-refractivity contribution < 1.29 is 14.7 Å². The van der Waals surface area contributed by atoms with Gasteiger partial charge in [0.05, 0.1) is 5.02 Å². The normalized spacial score (nSPS) is 10.8. The fourth-order valence-corrected chi connectivity index (χ4v) is 2.66. The first-order valence-electron chi connectivity index (χ1n) is 6.87. The molecule has 0 aliphatic heterocycles. The molecule has 2 aromatic heterocycles. The second kappa shape index (κ2) is 6.51. The van der Waals surface area contributed by atoms with Gasteiger partial charge in [0.2, 0.25) is 5.91 Å². The van der Waals surface area contributed by atoms with Gasteiger partial charge in [-0.15, -0.1) is 0 Å². The van der Waals surface area contributed by atoms with Gasteiger partial charge in [-0.2, -0.15) is 0 Å². The predicted octanol–water partition coefficient (Wildman–Crippen LogP) is 3.68. The summed E-state index contributed by atoms with van der Waals surface area (Å²) >= 11 is 11.7. The Morgan fingerprint density at radius 3 is 2.54 bits per heavy atom. The number of benzene rings is 1. The van der Waals surface area contributed by atoms with Gasteiger partial charge in [-0.1, -0.05) is 23.2 Å². The van der Waals surface area contributed by atoms with Crippen LogP contribution in [0.15, 0.2) is 42.6 Å². The molecule has 0 fully saturated rings. The van der Waals surface area contributed by atoms with E-state index in [-0.39, 0.29) is 12.2 Å². The summed E-state index contributed by atoms with van der Waals surface area (Å²) in [5.74, 6) is -1.19. The Morgan fingerprint density at radius 1 is 1.12 bits per heavy atom. The van der Waals surface area contributed by atoms with Gasteiger partial charge in [0.25, 0.3) is 0 Å². The van der Waals surface area contributed by atoms with Crippen LogP contribution in [0.25, 0.3) is 10.9 Å². The highest BCUT2D eigenvalue weighted by Gasteiger charge is 2.17. The van der Waals surface area contributed by atoms with Crippen LogP contribution >= 0.6 is 23.2 Å². The van der Waals surface area contributed by atoms with Crippen LogP contribution in [0.2, 0.25) is 10.0 Å². The molecular weight excluding hydrogens is 353 g/mol. The van der Waals surface area contributed by atoms with E-state index >= 15 is 0 Å². The Hall–Kier alpha value is -2.57. The monoisotopic (exact) mass is 363 g/mol. The van der Waals surface area contributed by atoms with Crippen molar-refractivity contribution in [3.05, 3.63) is 58.3 Å². The smallest absolute Gasteiger partial charge is 0.352 e. The van der Waals surface area contributed by atoms with E-state index in [4.69, 9.17) is 23.2 Å². The molecule has 0 saturated heterocycles. The Labute approximate surface area is 146 Å². The van der Waals surface area contributed by atoms with Crippen LogP contribution in [0.4, 0.5) is 5.82 Å². The van der Waals surface area contributed by atoms with E-state index in [0.717, 1.165) is 0 Å². The molecule has 2 heterocycles. The molecule has 1 aromatic carbocycles. The number of anilines is 1. The van der Waals surface area contributed by atoms with E-state index in [1.165, 1.54) is 16.8 Å². The summed E-state index contributed by atoms with van der Waals surface area (Å²) in [6.07, 6.45) is 1.41. The van der Waals surface area contributed by atoms with Gasteiger partial charge >= 0.3 is 5.97 Å². The number of carboxylic acids is 1. The molecule has 6 nitrogen and oxygen atoms in total. The summed E-state index contributed by atoms with van der Waals surface area (Å²) in [4.78, 5) is 27.6. The topological polar surface area (TPSA) is 84.2 Å². The molecule has 0 atom stereocenters. The quantitative estimate of drug-likeness (QED) is 0.740. The van der Waals surface area contributed by atoms with Crippen molar-refractivity contribution in [3.8, 4) is 0 Å². The SMILES string of the molecule is O=C(Cn1c(C(=O)O)cc2cc(Cl)ccc21)Nc1ccc(Cl)cn1. The van der Waals surface area contributed by atoms with Crippen molar-refractivity contribution in [2.45, 2.75) is 6.54 Å². The van der Waals surface area contributed by atoms with Crippen molar-refractivity contribution in [1.82, 2.24) is 9.55 Å². The average Bonchev–Trinajstić information content (AvgIpc) is 2.87. The third-order valence-corrected chi connectivity index (χ3v) is 3.84. The van der Waals surface area contributed by atoms with Crippen molar-refractivity contribution in [2.24, 2.45) is 0 Å². The zero-order valence-electron chi connectivity index (χ0n) is 12.2. The molecule has 0 saturated carbocycles. The van der Waals surface area contributed by atoms with Gasteiger partial charge in [0.1, 0.15) is 18.1 Å². The lowest BCUT2D eigenvalue weighted by Crippen LogP contribution is -2.21. The van der Waals surface area contributed by atoms with Gasteiger partial charge in [-0.25, -0.2) is 9.78 Å². The van der Waals surface area contributed by atoms with Gasteiger partial charge in [0.15, 0.2) is 0 Å². The average molecular weight is 364 g/mol. The maximum absolute atomic E-state index is 12.2. The molecule has 3 rings (SSSR count). The number of pyridine rings is 1. The molecule has 122 valence electrons. The highest BCUT2D eigenvalue weighted by molar-refractivity contribution is 6.31. The summed E-state index contributed by atoms with van der Waals surface area (Å²) in [5, 5.41) is 13.6. The third-order valence-electron chi connectivity index (χ3n) is 3.38. The van der Waals surface area contributed by atoms with Crippen molar-refractivity contribution in [1.29, 1.82) is 0 Å². The van der Waals surface area contributed by atoms with Crippen LogP contribution < -0.4 is 5.32 Å². The molecule has 8 heteroatoms. The van der Waals surface area contributed by atoms with Gasteiger partial charge in [0, 0.05) is 22.1 Å². The summed E-state index contributed by atoms with van der Waals surface area (Å²) in [6, 6.07) is 9.62. The van der Waals surface area contributed by atoms with E-state index in [9.17, 15) is 14.7 Å². The molecule has 3 aromatic rings. The molecule has 24 heavy (non-hydrogen) atoms. The first-order valence-corrected chi connectivity index (χ1v) is 7.63. The number of aromatic nitrogens is 2. The Balaban J connectivity index is 1.90. The summed E-state index contributed by atoms with van der Waals surface area (Å²) < 4.78 is 1.42. The van der Waals surface area contributed by atoms with Crippen LogP contribution in [-0.2, 0) is 11.3 Å². The number of nitrogens with one attached hydrogen (secondary N) is 1. The highest BCUT2D eigenvalue weighted by Crippen LogP contribution is 2.24. The number of aromatic carboxylic acids is 1. The molecule has 0 aliphatic rings. The van der Waals surface area contributed by atoms with Crippen molar-refractivity contribution in [2.75, 3.05) is 5.32 Å². The van der Waals surface area contributed by atoms with Gasteiger partial charge in [-0.05, 0) is 36.4 Å². The molecular formula is C16H11Cl2N3O3. The number of carbonyl (C=O) groups excluding carboxylic acids is 1. The van der Waals surface area contributed by atoms with E-state index < -0.39 is 11.9 Å². The minimum absolute atomic E-state index is 0.00600. The minimum Gasteiger partial charge on any atom is -0.477 e. The number of carboxylic acid groups (broad SMARTS) is 1. The fourth-order valence-electron chi connectivity index (χ4n) is 2.37. The predicted molar refractivity (Wildman–Crippen MR) is 91.8 cm³/mol. The number of fused-ring (bicyclic) bond motifs is 1. The van der Waals surface area contributed by atoms with Crippen molar-refractivity contribution in [3.63, 3.8) is 0 Å². The highest BCUT2D eigenvalue weighted by atomic mass is 35.5. The number of carbonyl (C=O) groups is 2. The molecule has 0 spiro atoms. The number of amides is 1. The fraction of sp³-hybridized carbons (Fsp3) is 0.0625. The van der Waals surface area contributed by atoms with E-state index in [0.29, 0.717) is 26.8 Å². The summed E-state index contributed by atoms with van der Waals surface area (Å²) in [6.45, 7) is -0.170. The van der Waals surface area contributed by atoms with Crippen LogP contribution in [0.5, 0.6) is 0 Å². The lowest BCUT2D eigenvalue weighted by molar-refractivity contribution is -0.116. The molecule has 2 N–H and O–H groups in total. The molecule has 0 bridgehead atoms. The lowest BCUT2D eigenvalue weighted by atomic mass is 10.2. The maximum atomic E-state index is 12.2. The van der Waals surface area contributed by atoms with Gasteiger partial charge < -0.3 is 15.0 Å². The second-order valence-corrected chi connectivity index (χ2v) is 5.91. The van der Waals surface area contributed by atoms with Crippen LogP contribution in [0, 0.1) is 0 Å². The first-order chi connectivity index (χ1) is 11.4.